The Hall–Kier alpha value is -3.74. The van der Waals surface area contributed by atoms with Gasteiger partial charge >= 0.3 is 6.18 Å². The zero-order chi connectivity index (χ0) is 22.7. The predicted octanol–water partition coefficient (Wildman–Crippen LogP) is 4.27. The molecule has 0 radical (unpaired) electrons. The van der Waals surface area contributed by atoms with Crippen LogP contribution < -0.4 is 9.80 Å². The van der Waals surface area contributed by atoms with Gasteiger partial charge < -0.3 is 9.80 Å². The van der Waals surface area contributed by atoms with E-state index in [4.69, 9.17) is 5.26 Å². The molecule has 4 heterocycles. The van der Waals surface area contributed by atoms with Gasteiger partial charge in [-0.2, -0.15) is 18.4 Å². The number of halogens is 3. The molecule has 1 saturated heterocycles. The molecule has 1 aliphatic rings. The average Bonchev–Trinajstić information content (AvgIpc) is 2.81. The summed E-state index contributed by atoms with van der Waals surface area (Å²) in [5, 5.41) is 8.91. The Morgan fingerprint density at radius 1 is 1.03 bits per heavy atom. The van der Waals surface area contributed by atoms with Crippen molar-refractivity contribution in [2.45, 2.75) is 32.0 Å². The van der Waals surface area contributed by atoms with Gasteiger partial charge in [-0.05, 0) is 43.5 Å². The molecule has 0 saturated carbocycles. The van der Waals surface area contributed by atoms with Crippen LogP contribution in [0, 0.1) is 18.3 Å². The van der Waals surface area contributed by atoms with Crippen molar-refractivity contribution in [2.24, 2.45) is 0 Å². The maximum atomic E-state index is 13.0. The van der Waals surface area contributed by atoms with E-state index in [0.29, 0.717) is 30.3 Å². The molecule has 164 valence electrons. The van der Waals surface area contributed by atoms with E-state index in [2.05, 4.69) is 19.9 Å². The summed E-state index contributed by atoms with van der Waals surface area (Å²) in [6.45, 7) is 3.28. The van der Waals surface area contributed by atoms with Crippen LogP contribution in [0.1, 0.15) is 29.7 Å². The smallest absolute Gasteiger partial charge is 0.341 e. The van der Waals surface area contributed by atoms with E-state index in [0.717, 1.165) is 30.2 Å². The van der Waals surface area contributed by atoms with Crippen LogP contribution in [-0.2, 0) is 6.18 Å². The Bertz CT molecular complexity index is 1100. The molecule has 10 heteroatoms. The Morgan fingerprint density at radius 2 is 1.75 bits per heavy atom. The molecular weight excluding hydrogens is 419 g/mol. The van der Waals surface area contributed by atoms with Gasteiger partial charge in [-0.1, -0.05) is 0 Å². The molecule has 3 aromatic heterocycles. The van der Waals surface area contributed by atoms with E-state index in [-0.39, 0.29) is 6.04 Å². The fourth-order valence-corrected chi connectivity index (χ4v) is 3.82. The molecule has 7 nitrogen and oxygen atoms in total. The molecule has 4 rings (SSSR count). The largest absolute Gasteiger partial charge is 0.433 e. The summed E-state index contributed by atoms with van der Waals surface area (Å²) in [5.41, 5.74) is 1.87. The molecule has 0 amide bonds. The molecule has 0 aliphatic carbocycles. The summed E-state index contributed by atoms with van der Waals surface area (Å²) in [5.74, 6) is 0.558. The molecule has 1 fully saturated rings. The lowest BCUT2D eigenvalue weighted by molar-refractivity contribution is -0.141. The first-order valence-electron chi connectivity index (χ1n) is 10.1. The minimum Gasteiger partial charge on any atom is -0.341 e. The first-order chi connectivity index (χ1) is 15.4. The number of aromatic nitrogens is 4. The highest BCUT2D eigenvalue weighted by atomic mass is 19.4. The highest BCUT2D eigenvalue weighted by Gasteiger charge is 2.33. The predicted molar refractivity (Wildman–Crippen MR) is 112 cm³/mol. The summed E-state index contributed by atoms with van der Waals surface area (Å²) >= 11 is 0. The third kappa shape index (κ3) is 4.46. The minimum atomic E-state index is -4.49. The van der Waals surface area contributed by atoms with E-state index in [1.165, 1.54) is 24.7 Å². The SMILES string of the molecule is Cc1ccncc1N(c1ccc(C(F)(F)F)nc1)C1CCN(c2ncc(C#N)cn2)CC1. The number of aryl methyl sites for hydroxylation is 1. The van der Waals surface area contributed by atoms with Crippen molar-refractivity contribution in [3.63, 3.8) is 0 Å². The van der Waals surface area contributed by atoms with Crippen LogP contribution in [0.2, 0.25) is 0 Å². The molecule has 0 N–H and O–H groups in total. The number of pyridine rings is 2. The number of rotatable bonds is 4. The van der Waals surface area contributed by atoms with Crippen molar-refractivity contribution in [1.29, 1.82) is 5.26 Å². The number of hydrogen-bond donors (Lipinski definition) is 0. The van der Waals surface area contributed by atoms with Crippen LogP contribution in [0.15, 0.2) is 49.2 Å². The number of piperidine rings is 1. The van der Waals surface area contributed by atoms with Gasteiger partial charge in [0.2, 0.25) is 5.95 Å². The lowest BCUT2D eigenvalue weighted by atomic mass is 10.0. The lowest BCUT2D eigenvalue weighted by Crippen LogP contribution is -2.44. The topological polar surface area (TPSA) is 81.8 Å². The molecule has 0 spiro atoms. The van der Waals surface area contributed by atoms with Crippen LogP contribution in [0.4, 0.5) is 30.5 Å². The number of anilines is 3. The normalized spacial score (nSPS) is 14.8. The second kappa shape index (κ2) is 8.78. The Balaban J connectivity index is 1.59. The van der Waals surface area contributed by atoms with Crippen LogP contribution in [0.25, 0.3) is 0 Å². The Kier molecular flexibility index (Phi) is 5.90. The standard InChI is InChI=1S/C22H20F3N7/c1-15-4-7-27-14-19(15)32(18-2-3-20(28-13-18)22(23,24)25)17-5-8-31(9-6-17)21-29-11-16(10-26)12-30-21/h2-4,7,11-14,17H,5-6,8-9H2,1H3. The Morgan fingerprint density at radius 3 is 2.31 bits per heavy atom. The summed E-state index contributed by atoms with van der Waals surface area (Å²) in [4.78, 5) is 20.5. The minimum absolute atomic E-state index is 0.0334. The number of hydrogen-bond acceptors (Lipinski definition) is 7. The summed E-state index contributed by atoms with van der Waals surface area (Å²) < 4.78 is 39.0. The van der Waals surface area contributed by atoms with Crippen molar-refractivity contribution >= 4 is 17.3 Å². The van der Waals surface area contributed by atoms with Crippen molar-refractivity contribution in [1.82, 2.24) is 19.9 Å². The van der Waals surface area contributed by atoms with Crippen LogP contribution in [0.5, 0.6) is 0 Å². The van der Waals surface area contributed by atoms with Crippen LogP contribution in [-0.4, -0.2) is 39.1 Å². The van der Waals surface area contributed by atoms with Gasteiger partial charge in [-0.15, -0.1) is 0 Å². The van der Waals surface area contributed by atoms with E-state index >= 15 is 0 Å². The van der Waals surface area contributed by atoms with Crippen molar-refractivity contribution in [2.75, 3.05) is 22.9 Å². The van der Waals surface area contributed by atoms with Gasteiger partial charge in [0.1, 0.15) is 11.8 Å². The fraction of sp³-hybridized carbons (Fsp3) is 0.318. The van der Waals surface area contributed by atoms with Gasteiger partial charge in [0, 0.05) is 25.3 Å². The molecule has 0 bridgehead atoms. The maximum absolute atomic E-state index is 13.0. The number of nitrogens with zero attached hydrogens (tertiary/aromatic N) is 7. The third-order valence-corrected chi connectivity index (χ3v) is 5.47. The summed E-state index contributed by atoms with van der Waals surface area (Å²) in [6.07, 6.45) is 4.65. The van der Waals surface area contributed by atoms with Gasteiger partial charge in [0.25, 0.3) is 0 Å². The highest BCUT2D eigenvalue weighted by molar-refractivity contribution is 5.66. The quantitative estimate of drug-likeness (QED) is 0.600. The molecule has 1 aliphatic heterocycles. The number of nitriles is 1. The summed E-state index contributed by atoms with van der Waals surface area (Å²) in [6, 6.07) is 6.37. The maximum Gasteiger partial charge on any atom is 0.433 e. The van der Waals surface area contributed by atoms with Gasteiger partial charge in [0.05, 0.1) is 41.7 Å². The fourth-order valence-electron chi connectivity index (χ4n) is 3.82. The third-order valence-electron chi connectivity index (χ3n) is 5.47. The second-order valence-corrected chi connectivity index (χ2v) is 7.53. The average molecular weight is 439 g/mol. The van der Waals surface area contributed by atoms with Crippen molar-refractivity contribution in [3.8, 4) is 6.07 Å². The zero-order valence-electron chi connectivity index (χ0n) is 17.3. The second-order valence-electron chi connectivity index (χ2n) is 7.53. The molecular formula is C22H20F3N7. The van der Waals surface area contributed by atoms with E-state index in [1.807, 2.05) is 28.9 Å². The first-order valence-corrected chi connectivity index (χ1v) is 10.1. The highest BCUT2D eigenvalue weighted by Crippen LogP contribution is 2.35. The molecule has 32 heavy (non-hydrogen) atoms. The van der Waals surface area contributed by atoms with Crippen molar-refractivity contribution < 1.29 is 13.2 Å². The van der Waals surface area contributed by atoms with E-state index in [9.17, 15) is 13.2 Å². The van der Waals surface area contributed by atoms with Crippen LogP contribution >= 0.6 is 0 Å². The monoisotopic (exact) mass is 439 g/mol. The lowest BCUT2D eigenvalue weighted by Gasteiger charge is -2.40. The van der Waals surface area contributed by atoms with Gasteiger partial charge in [-0.3, -0.25) is 4.98 Å². The zero-order valence-corrected chi connectivity index (χ0v) is 17.3. The van der Waals surface area contributed by atoms with E-state index in [1.54, 1.807) is 12.4 Å². The molecule has 0 unspecified atom stereocenters. The van der Waals surface area contributed by atoms with Crippen LogP contribution in [0.3, 0.4) is 0 Å². The summed E-state index contributed by atoms with van der Waals surface area (Å²) in [7, 11) is 0. The number of alkyl halides is 3. The molecule has 0 atom stereocenters. The van der Waals surface area contributed by atoms with Gasteiger partial charge in [-0.25, -0.2) is 15.0 Å². The van der Waals surface area contributed by atoms with Crippen molar-refractivity contribution in [3.05, 3.63) is 66.0 Å². The van der Waals surface area contributed by atoms with E-state index < -0.39 is 11.9 Å². The molecule has 3 aromatic rings. The molecule has 0 aromatic carbocycles. The van der Waals surface area contributed by atoms with Gasteiger partial charge in [0.15, 0.2) is 0 Å². The Labute approximate surface area is 183 Å². The first kappa shape index (κ1) is 21.5.